The van der Waals surface area contributed by atoms with E-state index in [-0.39, 0.29) is 36.0 Å². The van der Waals surface area contributed by atoms with Crippen molar-refractivity contribution in [3.8, 4) is 0 Å². The van der Waals surface area contributed by atoms with E-state index in [9.17, 15) is 29.6 Å². The van der Waals surface area contributed by atoms with E-state index in [0.717, 1.165) is 0 Å². The van der Waals surface area contributed by atoms with Crippen molar-refractivity contribution in [1.82, 2.24) is 10.2 Å². The molecule has 1 aliphatic rings. The molecule has 2 aromatic carbocycles. The van der Waals surface area contributed by atoms with Crippen molar-refractivity contribution in [3.05, 3.63) is 81.4 Å². The summed E-state index contributed by atoms with van der Waals surface area (Å²) >= 11 is 0. The molecule has 3 rings (SSSR count). The standard InChI is InChI=1S/C21H19N3O6/c1-13(25)22-11-12-23-18(14-7-9-16(10-8-14)24(29)30)17(20(27)21(23)28)19(26)15-5-3-2-4-6-15/h2-10,18,26H,11-12H2,1H3,(H,22,25)/t18-/m1/s1. The molecule has 0 bridgehead atoms. The van der Waals surface area contributed by atoms with Crippen LogP contribution in [-0.2, 0) is 14.4 Å². The SMILES string of the molecule is CC(=O)NCCN1C(=O)C(=O)C(=C(O)c2ccccc2)[C@H]1c1ccc([N+](=O)[O-])cc1. The maximum absolute atomic E-state index is 12.8. The van der Waals surface area contributed by atoms with Crippen molar-refractivity contribution in [2.45, 2.75) is 13.0 Å². The number of carbonyl (C=O) groups excluding carboxylic acids is 3. The van der Waals surface area contributed by atoms with Gasteiger partial charge in [0.2, 0.25) is 5.91 Å². The summed E-state index contributed by atoms with van der Waals surface area (Å²) in [5.74, 6) is -2.30. The molecule has 1 heterocycles. The lowest BCUT2D eigenvalue weighted by molar-refractivity contribution is -0.384. The predicted octanol–water partition coefficient (Wildman–Crippen LogP) is 2.15. The van der Waals surface area contributed by atoms with Crippen LogP contribution in [0.5, 0.6) is 0 Å². The minimum atomic E-state index is -0.945. The molecule has 0 saturated carbocycles. The van der Waals surface area contributed by atoms with Gasteiger partial charge in [0.25, 0.3) is 17.4 Å². The van der Waals surface area contributed by atoms with Crippen LogP contribution in [-0.4, -0.2) is 45.6 Å². The van der Waals surface area contributed by atoms with Gasteiger partial charge in [0.05, 0.1) is 16.5 Å². The third-order valence-electron chi connectivity index (χ3n) is 4.73. The number of likely N-dealkylation sites (tertiary alicyclic amines) is 1. The fourth-order valence-electron chi connectivity index (χ4n) is 3.34. The summed E-state index contributed by atoms with van der Waals surface area (Å²) in [5, 5.41) is 24.3. The Balaban J connectivity index is 2.09. The first-order valence-corrected chi connectivity index (χ1v) is 9.14. The van der Waals surface area contributed by atoms with Crippen LogP contribution in [0.4, 0.5) is 5.69 Å². The van der Waals surface area contributed by atoms with Crippen LogP contribution in [0.1, 0.15) is 24.1 Å². The molecule has 0 aliphatic carbocycles. The Kier molecular flexibility index (Phi) is 5.91. The second-order valence-corrected chi connectivity index (χ2v) is 6.69. The van der Waals surface area contributed by atoms with Gasteiger partial charge in [-0.1, -0.05) is 30.3 Å². The van der Waals surface area contributed by atoms with Gasteiger partial charge in [-0.15, -0.1) is 0 Å². The molecule has 30 heavy (non-hydrogen) atoms. The van der Waals surface area contributed by atoms with Gasteiger partial charge in [0.15, 0.2) is 0 Å². The van der Waals surface area contributed by atoms with E-state index >= 15 is 0 Å². The number of nitro benzene ring substituents is 1. The number of Topliss-reactive ketones (excluding diaryl/α,β-unsaturated/α-hetero) is 1. The smallest absolute Gasteiger partial charge is 0.295 e. The number of non-ortho nitro benzene ring substituents is 1. The number of carbonyl (C=O) groups is 3. The van der Waals surface area contributed by atoms with Crippen molar-refractivity contribution in [1.29, 1.82) is 0 Å². The third-order valence-corrected chi connectivity index (χ3v) is 4.73. The molecule has 154 valence electrons. The van der Waals surface area contributed by atoms with Crippen LogP contribution in [0.15, 0.2) is 60.2 Å². The summed E-state index contributed by atoms with van der Waals surface area (Å²) in [5.41, 5.74) is 0.546. The molecule has 2 N–H and O–H groups in total. The highest BCUT2D eigenvalue weighted by Gasteiger charge is 2.45. The lowest BCUT2D eigenvalue weighted by Crippen LogP contribution is -2.37. The molecule has 9 heteroatoms. The molecular weight excluding hydrogens is 390 g/mol. The van der Waals surface area contributed by atoms with Crippen LogP contribution in [0.2, 0.25) is 0 Å². The van der Waals surface area contributed by atoms with Crippen molar-refractivity contribution < 1.29 is 24.4 Å². The van der Waals surface area contributed by atoms with E-state index in [4.69, 9.17) is 0 Å². The van der Waals surface area contributed by atoms with Crippen molar-refractivity contribution in [3.63, 3.8) is 0 Å². The quantitative estimate of drug-likeness (QED) is 0.247. The zero-order valence-corrected chi connectivity index (χ0v) is 16.1. The van der Waals surface area contributed by atoms with E-state index in [1.54, 1.807) is 30.3 Å². The molecule has 0 spiro atoms. The topological polar surface area (TPSA) is 130 Å². The number of rotatable bonds is 6. The monoisotopic (exact) mass is 409 g/mol. The van der Waals surface area contributed by atoms with Gasteiger partial charge in [-0.05, 0) is 17.7 Å². The molecule has 1 atom stereocenters. The lowest BCUT2D eigenvalue weighted by Gasteiger charge is -2.25. The number of nitrogens with zero attached hydrogens (tertiary/aromatic N) is 2. The number of aliphatic hydroxyl groups is 1. The number of nitro groups is 1. The average Bonchev–Trinajstić information content (AvgIpc) is 2.98. The first-order chi connectivity index (χ1) is 14.3. The zero-order valence-electron chi connectivity index (χ0n) is 16.1. The maximum Gasteiger partial charge on any atom is 0.295 e. The van der Waals surface area contributed by atoms with E-state index < -0.39 is 22.7 Å². The fourth-order valence-corrected chi connectivity index (χ4v) is 3.34. The minimum Gasteiger partial charge on any atom is -0.507 e. The van der Waals surface area contributed by atoms with Crippen molar-refractivity contribution in [2.24, 2.45) is 0 Å². The Morgan fingerprint density at radius 2 is 1.77 bits per heavy atom. The van der Waals surface area contributed by atoms with Crippen LogP contribution in [0, 0.1) is 10.1 Å². The van der Waals surface area contributed by atoms with Crippen molar-refractivity contribution >= 4 is 29.0 Å². The number of amides is 2. The van der Waals surface area contributed by atoms with Gasteiger partial charge in [-0.3, -0.25) is 24.5 Å². The normalized spacial score (nSPS) is 17.8. The number of ketones is 1. The molecule has 0 aromatic heterocycles. The van der Waals surface area contributed by atoms with Gasteiger partial charge in [-0.2, -0.15) is 0 Å². The summed E-state index contributed by atoms with van der Waals surface area (Å²) in [6.45, 7) is 1.46. The molecule has 2 amide bonds. The largest absolute Gasteiger partial charge is 0.507 e. The van der Waals surface area contributed by atoms with Gasteiger partial charge in [-0.25, -0.2) is 0 Å². The number of benzene rings is 2. The highest BCUT2D eigenvalue weighted by atomic mass is 16.6. The zero-order chi connectivity index (χ0) is 21.8. The predicted molar refractivity (Wildman–Crippen MR) is 107 cm³/mol. The number of nitrogens with one attached hydrogen (secondary N) is 1. The molecular formula is C21H19N3O6. The molecule has 1 aliphatic heterocycles. The van der Waals surface area contributed by atoms with E-state index in [1.807, 2.05) is 0 Å². The first-order valence-electron chi connectivity index (χ1n) is 9.14. The Bertz CT molecular complexity index is 1030. The van der Waals surface area contributed by atoms with Crippen LogP contribution in [0.25, 0.3) is 5.76 Å². The average molecular weight is 409 g/mol. The number of aliphatic hydroxyl groups excluding tert-OH is 1. The van der Waals surface area contributed by atoms with Crippen LogP contribution < -0.4 is 5.32 Å². The van der Waals surface area contributed by atoms with Gasteiger partial charge < -0.3 is 15.3 Å². The van der Waals surface area contributed by atoms with Gasteiger partial charge >= 0.3 is 0 Å². The fraction of sp³-hybridized carbons (Fsp3) is 0.190. The van der Waals surface area contributed by atoms with Gasteiger partial charge in [0, 0.05) is 37.7 Å². The van der Waals surface area contributed by atoms with Crippen LogP contribution >= 0.6 is 0 Å². The summed E-state index contributed by atoms with van der Waals surface area (Å²) in [7, 11) is 0. The Morgan fingerprint density at radius 3 is 2.33 bits per heavy atom. The summed E-state index contributed by atoms with van der Waals surface area (Å²) in [4.78, 5) is 48.3. The van der Waals surface area contributed by atoms with Crippen molar-refractivity contribution in [2.75, 3.05) is 13.1 Å². The number of hydrogen-bond acceptors (Lipinski definition) is 6. The molecule has 1 saturated heterocycles. The molecule has 9 nitrogen and oxygen atoms in total. The number of hydrogen-bond donors (Lipinski definition) is 2. The lowest BCUT2D eigenvalue weighted by atomic mass is 9.95. The van der Waals surface area contributed by atoms with E-state index in [2.05, 4.69) is 5.32 Å². The van der Waals surface area contributed by atoms with E-state index in [0.29, 0.717) is 11.1 Å². The first kappa shape index (κ1) is 20.7. The molecule has 0 unspecified atom stereocenters. The summed E-state index contributed by atoms with van der Waals surface area (Å²) in [6.07, 6.45) is 0. The maximum atomic E-state index is 12.8. The highest BCUT2D eigenvalue weighted by Crippen LogP contribution is 2.39. The Labute approximate surface area is 171 Å². The highest BCUT2D eigenvalue weighted by molar-refractivity contribution is 6.46. The van der Waals surface area contributed by atoms with E-state index in [1.165, 1.54) is 36.1 Å². The summed E-state index contributed by atoms with van der Waals surface area (Å²) in [6, 6.07) is 12.8. The van der Waals surface area contributed by atoms with Crippen LogP contribution in [0.3, 0.4) is 0 Å². The third kappa shape index (κ3) is 4.04. The second-order valence-electron chi connectivity index (χ2n) is 6.69. The van der Waals surface area contributed by atoms with Gasteiger partial charge in [0.1, 0.15) is 5.76 Å². The molecule has 0 radical (unpaired) electrons. The molecule has 2 aromatic rings. The second kappa shape index (κ2) is 8.56. The minimum absolute atomic E-state index is 0.0252. The summed E-state index contributed by atoms with van der Waals surface area (Å²) < 4.78 is 0. The Hall–Kier alpha value is -4.01. The molecule has 1 fully saturated rings. The Morgan fingerprint density at radius 1 is 1.13 bits per heavy atom.